The van der Waals surface area contributed by atoms with Crippen molar-refractivity contribution in [2.45, 2.75) is 31.8 Å². The van der Waals surface area contributed by atoms with Gasteiger partial charge in [-0.25, -0.2) is 4.79 Å². The third-order valence-electron chi connectivity index (χ3n) is 3.21. The number of carbonyl (C=O) groups excluding carboxylic acids is 2. The summed E-state index contributed by atoms with van der Waals surface area (Å²) in [6.07, 6.45) is 0.658. The van der Waals surface area contributed by atoms with E-state index in [-0.39, 0.29) is 23.9 Å². The number of hydrogen-bond donors (Lipinski definition) is 3. The maximum atomic E-state index is 11.7. The Bertz CT molecular complexity index is 292. The van der Waals surface area contributed by atoms with Crippen molar-refractivity contribution in [3.05, 3.63) is 0 Å². The van der Waals surface area contributed by atoms with Gasteiger partial charge >= 0.3 is 6.03 Å². The highest BCUT2D eigenvalue weighted by atomic mass is 16.2. The van der Waals surface area contributed by atoms with Gasteiger partial charge in [0.2, 0.25) is 0 Å². The van der Waals surface area contributed by atoms with Crippen LogP contribution < -0.4 is 16.0 Å². The first-order valence-corrected chi connectivity index (χ1v) is 4.91. The molecule has 2 heterocycles. The standard InChI is InChI=1S/C9H15N3O2/c1-5-4-10-6(2)3-9(5)7(13)11-8(14)12-9/h5-6,10H,3-4H2,1-2H3,(H2,11,12,13,14). The maximum Gasteiger partial charge on any atom is 0.322 e. The van der Waals surface area contributed by atoms with Crippen LogP contribution in [-0.4, -0.2) is 30.1 Å². The second-order valence-electron chi connectivity index (χ2n) is 4.29. The molecule has 2 fully saturated rings. The van der Waals surface area contributed by atoms with E-state index in [1.807, 2.05) is 13.8 Å². The summed E-state index contributed by atoms with van der Waals surface area (Å²) >= 11 is 0. The fourth-order valence-corrected chi connectivity index (χ4v) is 2.30. The van der Waals surface area contributed by atoms with E-state index < -0.39 is 5.54 Å². The van der Waals surface area contributed by atoms with Gasteiger partial charge in [-0.1, -0.05) is 6.92 Å². The van der Waals surface area contributed by atoms with Crippen molar-refractivity contribution < 1.29 is 9.59 Å². The fourth-order valence-electron chi connectivity index (χ4n) is 2.30. The lowest BCUT2D eigenvalue weighted by atomic mass is 9.77. The van der Waals surface area contributed by atoms with Gasteiger partial charge in [-0.2, -0.15) is 0 Å². The normalized spacial score (nSPS) is 42.4. The molecule has 3 atom stereocenters. The van der Waals surface area contributed by atoms with E-state index in [0.29, 0.717) is 6.42 Å². The monoisotopic (exact) mass is 197 g/mol. The molecule has 0 aromatic carbocycles. The molecule has 2 saturated heterocycles. The molecule has 3 N–H and O–H groups in total. The molecule has 0 aromatic heterocycles. The van der Waals surface area contributed by atoms with Gasteiger partial charge in [-0.05, 0) is 13.3 Å². The number of hydrogen-bond acceptors (Lipinski definition) is 3. The van der Waals surface area contributed by atoms with Crippen LogP contribution in [0, 0.1) is 5.92 Å². The van der Waals surface area contributed by atoms with Gasteiger partial charge < -0.3 is 10.6 Å². The topological polar surface area (TPSA) is 70.2 Å². The van der Waals surface area contributed by atoms with Gasteiger partial charge in [0, 0.05) is 18.5 Å². The zero-order valence-corrected chi connectivity index (χ0v) is 8.39. The van der Waals surface area contributed by atoms with Crippen LogP contribution in [0.4, 0.5) is 4.79 Å². The molecule has 5 heteroatoms. The van der Waals surface area contributed by atoms with Gasteiger partial charge in [0.1, 0.15) is 5.54 Å². The maximum absolute atomic E-state index is 11.7. The second-order valence-corrected chi connectivity index (χ2v) is 4.29. The van der Waals surface area contributed by atoms with E-state index >= 15 is 0 Å². The van der Waals surface area contributed by atoms with Crippen LogP contribution in [0.2, 0.25) is 0 Å². The number of carbonyl (C=O) groups is 2. The number of piperidine rings is 1. The first kappa shape index (κ1) is 9.45. The highest BCUT2D eigenvalue weighted by molar-refractivity contribution is 6.07. The molecule has 2 aliphatic rings. The van der Waals surface area contributed by atoms with E-state index in [9.17, 15) is 9.59 Å². The van der Waals surface area contributed by atoms with Gasteiger partial charge in [0.25, 0.3) is 5.91 Å². The summed E-state index contributed by atoms with van der Waals surface area (Å²) in [4.78, 5) is 22.8. The van der Waals surface area contributed by atoms with Crippen LogP contribution in [0.25, 0.3) is 0 Å². The molecule has 0 aromatic rings. The number of nitrogens with one attached hydrogen (secondary N) is 3. The summed E-state index contributed by atoms with van der Waals surface area (Å²) in [5.74, 6) is -0.0477. The lowest BCUT2D eigenvalue weighted by molar-refractivity contribution is -0.127. The predicted molar refractivity (Wildman–Crippen MR) is 50.7 cm³/mol. The summed E-state index contributed by atoms with van der Waals surface area (Å²) in [5, 5.41) is 8.36. The highest BCUT2D eigenvalue weighted by Gasteiger charge is 2.52. The number of amides is 3. The molecule has 0 radical (unpaired) electrons. The fraction of sp³-hybridized carbons (Fsp3) is 0.778. The molecule has 14 heavy (non-hydrogen) atoms. The quantitative estimate of drug-likeness (QED) is 0.462. The summed E-state index contributed by atoms with van der Waals surface area (Å²) in [5.41, 5.74) is -0.679. The largest absolute Gasteiger partial charge is 0.323 e. The minimum Gasteiger partial charge on any atom is -0.323 e. The van der Waals surface area contributed by atoms with Crippen molar-refractivity contribution in [1.29, 1.82) is 0 Å². The Morgan fingerprint density at radius 3 is 2.64 bits per heavy atom. The van der Waals surface area contributed by atoms with Crippen LogP contribution in [0.1, 0.15) is 20.3 Å². The van der Waals surface area contributed by atoms with Crippen LogP contribution in [0.5, 0.6) is 0 Å². The van der Waals surface area contributed by atoms with E-state index in [0.717, 1.165) is 6.54 Å². The summed E-state index contributed by atoms with van der Waals surface area (Å²) < 4.78 is 0. The van der Waals surface area contributed by atoms with Crippen LogP contribution in [-0.2, 0) is 4.79 Å². The van der Waals surface area contributed by atoms with E-state index in [1.54, 1.807) is 0 Å². The van der Waals surface area contributed by atoms with Crippen molar-refractivity contribution in [3.8, 4) is 0 Å². The summed E-state index contributed by atoms with van der Waals surface area (Å²) in [7, 11) is 0. The Labute approximate surface area is 82.6 Å². The average Bonchev–Trinajstić information content (AvgIpc) is 2.36. The number of urea groups is 1. The Hall–Kier alpha value is -1.10. The number of rotatable bonds is 0. The third-order valence-corrected chi connectivity index (χ3v) is 3.21. The minimum absolute atomic E-state index is 0.130. The van der Waals surface area contributed by atoms with Gasteiger partial charge in [0.05, 0.1) is 0 Å². The van der Waals surface area contributed by atoms with Crippen molar-refractivity contribution in [2.75, 3.05) is 6.54 Å². The average molecular weight is 197 g/mol. The third kappa shape index (κ3) is 1.19. The first-order valence-electron chi connectivity index (χ1n) is 4.91. The Kier molecular flexibility index (Phi) is 1.99. The van der Waals surface area contributed by atoms with Crippen LogP contribution in [0.3, 0.4) is 0 Å². The molecule has 0 aliphatic carbocycles. The molecular formula is C9H15N3O2. The zero-order chi connectivity index (χ0) is 10.3. The molecule has 2 aliphatic heterocycles. The van der Waals surface area contributed by atoms with Gasteiger partial charge in [0.15, 0.2) is 0 Å². The van der Waals surface area contributed by atoms with Gasteiger partial charge in [-0.15, -0.1) is 0 Å². The van der Waals surface area contributed by atoms with Crippen molar-refractivity contribution in [2.24, 2.45) is 5.92 Å². The Morgan fingerprint density at radius 2 is 2.07 bits per heavy atom. The molecule has 3 amide bonds. The highest BCUT2D eigenvalue weighted by Crippen LogP contribution is 2.29. The molecular weight excluding hydrogens is 182 g/mol. The van der Waals surface area contributed by atoms with Crippen molar-refractivity contribution in [3.63, 3.8) is 0 Å². The van der Waals surface area contributed by atoms with Crippen LogP contribution in [0.15, 0.2) is 0 Å². The molecule has 1 spiro atoms. The smallest absolute Gasteiger partial charge is 0.322 e. The Morgan fingerprint density at radius 1 is 1.36 bits per heavy atom. The van der Waals surface area contributed by atoms with Crippen molar-refractivity contribution in [1.82, 2.24) is 16.0 Å². The lowest BCUT2D eigenvalue weighted by Gasteiger charge is -2.40. The molecule has 0 bridgehead atoms. The second kappa shape index (κ2) is 2.95. The van der Waals surface area contributed by atoms with E-state index in [4.69, 9.17) is 0 Å². The first-order chi connectivity index (χ1) is 6.54. The van der Waals surface area contributed by atoms with E-state index in [2.05, 4.69) is 16.0 Å². The molecule has 0 saturated carbocycles. The van der Waals surface area contributed by atoms with Crippen molar-refractivity contribution >= 4 is 11.9 Å². The van der Waals surface area contributed by atoms with Gasteiger partial charge in [-0.3, -0.25) is 10.1 Å². The summed E-state index contributed by atoms with van der Waals surface area (Å²) in [6.45, 7) is 4.75. The predicted octanol–water partition coefficient (Wildman–Crippen LogP) is -0.417. The van der Waals surface area contributed by atoms with Crippen LogP contribution >= 0.6 is 0 Å². The molecule has 5 nitrogen and oxygen atoms in total. The van der Waals surface area contributed by atoms with E-state index in [1.165, 1.54) is 0 Å². The zero-order valence-electron chi connectivity index (χ0n) is 8.39. The molecule has 3 unspecified atom stereocenters. The lowest BCUT2D eigenvalue weighted by Crippen LogP contribution is -2.61. The molecule has 78 valence electrons. The number of imide groups is 1. The summed E-state index contributed by atoms with van der Waals surface area (Å²) in [6, 6.07) is -0.105. The molecule has 2 rings (SSSR count). The Balaban J connectivity index is 2.28. The SMILES string of the molecule is CC1CC2(NC(=O)NC2=O)C(C)CN1. The minimum atomic E-state index is -0.679.